The molecule has 0 aliphatic heterocycles. The van der Waals surface area contributed by atoms with Crippen LogP contribution < -0.4 is 19.5 Å². The number of halogens is 2. The number of nitrogens with one attached hydrogen (secondary N) is 1. The highest BCUT2D eigenvalue weighted by Gasteiger charge is 2.12. The van der Waals surface area contributed by atoms with Gasteiger partial charge in [0.2, 0.25) is 0 Å². The van der Waals surface area contributed by atoms with Gasteiger partial charge >= 0.3 is 6.61 Å². The Morgan fingerprint density at radius 3 is 2.46 bits per heavy atom. The van der Waals surface area contributed by atoms with Gasteiger partial charge in [0.05, 0.1) is 7.11 Å². The van der Waals surface area contributed by atoms with E-state index in [4.69, 9.17) is 9.47 Å². The first kappa shape index (κ1) is 21.5. The van der Waals surface area contributed by atoms with Crippen LogP contribution in [0.2, 0.25) is 0 Å². The maximum atomic E-state index is 12.4. The zero-order valence-electron chi connectivity index (χ0n) is 16.4. The molecule has 0 unspecified atom stereocenters. The maximum Gasteiger partial charge on any atom is 0.387 e. The second kappa shape index (κ2) is 9.92. The van der Waals surface area contributed by atoms with E-state index < -0.39 is 6.61 Å². The van der Waals surface area contributed by atoms with Gasteiger partial charge in [-0.15, -0.1) is 0 Å². The normalized spacial score (nSPS) is 10.9. The molecule has 0 aliphatic rings. The van der Waals surface area contributed by atoms with Crippen molar-refractivity contribution in [3.63, 3.8) is 0 Å². The predicted molar refractivity (Wildman–Crippen MR) is 102 cm³/mol. The molecule has 0 bridgehead atoms. The summed E-state index contributed by atoms with van der Waals surface area (Å²) < 4.78 is 39.7. The maximum absolute atomic E-state index is 12.4. The Bertz CT molecular complexity index is 809. The first-order valence-electron chi connectivity index (χ1n) is 8.92. The number of carbonyl (C=O) groups is 1. The molecule has 0 heterocycles. The standard InChI is InChI=1S/C21H25F2NO4/c1-13(2)17-7-6-16(9-14(17)3)27-12-20(25)24-11-15-5-8-18(28-21(22)23)19(10-15)26-4/h5-10,13,21H,11-12H2,1-4H3,(H,24,25). The molecule has 2 rings (SSSR count). The fourth-order valence-corrected chi connectivity index (χ4v) is 2.80. The van der Waals surface area contributed by atoms with Gasteiger partial charge in [0.1, 0.15) is 5.75 Å². The van der Waals surface area contributed by atoms with Crippen molar-refractivity contribution in [2.24, 2.45) is 0 Å². The highest BCUT2D eigenvalue weighted by molar-refractivity contribution is 5.77. The van der Waals surface area contributed by atoms with Crippen LogP contribution in [-0.4, -0.2) is 26.2 Å². The molecule has 0 aromatic heterocycles. The molecule has 1 N–H and O–H groups in total. The minimum Gasteiger partial charge on any atom is -0.493 e. The molecule has 1 amide bonds. The molecule has 0 saturated heterocycles. The van der Waals surface area contributed by atoms with Crippen molar-refractivity contribution in [2.75, 3.05) is 13.7 Å². The lowest BCUT2D eigenvalue weighted by Gasteiger charge is -2.13. The summed E-state index contributed by atoms with van der Waals surface area (Å²) in [5.41, 5.74) is 3.04. The minimum atomic E-state index is -2.94. The molecule has 0 fully saturated rings. The van der Waals surface area contributed by atoms with Crippen LogP contribution in [0.1, 0.15) is 36.5 Å². The summed E-state index contributed by atoms with van der Waals surface area (Å²) in [6.07, 6.45) is 0. The van der Waals surface area contributed by atoms with E-state index in [1.165, 1.54) is 24.8 Å². The summed E-state index contributed by atoms with van der Waals surface area (Å²) in [5, 5.41) is 2.72. The van der Waals surface area contributed by atoms with Gasteiger partial charge in [-0.05, 0) is 53.8 Å². The average molecular weight is 393 g/mol. The van der Waals surface area contributed by atoms with Crippen LogP contribution >= 0.6 is 0 Å². The molecule has 2 aromatic rings. The van der Waals surface area contributed by atoms with Crippen LogP contribution in [0.4, 0.5) is 8.78 Å². The van der Waals surface area contributed by atoms with Gasteiger partial charge in [0.15, 0.2) is 18.1 Å². The average Bonchev–Trinajstić information content (AvgIpc) is 2.64. The molecule has 2 aromatic carbocycles. The molecule has 5 nitrogen and oxygen atoms in total. The SMILES string of the molecule is COc1cc(CNC(=O)COc2ccc(C(C)C)c(C)c2)ccc1OC(F)F. The van der Waals surface area contributed by atoms with Gasteiger partial charge in [-0.2, -0.15) is 8.78 Å². The number of amides is 1. The lowest BCUT2D eigenvalue weighted by atomic mass is 9.98. The second-order valence-electron chi connectivity index (χ2n) is 6.60. The minimum absolute atomic E-state index is 0.0591. The van der Waals surface area contributed by atoms with Crippen LogP contribution in [0.5, 0.6) is 17.2 Å². The van der Waals surface area contributed by atoms with Crippen LogP contribution in [0.15, 0.2) is 36.4 Å². The number of alkyl halides is 2. The molecule has 0 spiro atoms. The fraction of sp³-hybridized carbons (Fsp3) is 0.381. The first-order chi connectivity index (χ1) is 13.3. The summed E-state index contributed by atoms with van der Waals surface area (Å²) in [7, 11) is 1.36. The number of carbonyl (C=O) groups excluding carboxylic acids is 1. The molecule has 0 aliphatic carbocycles. The third-order valence-corrected chi connectivity index (χ3v) is 4.17. The van der Waals surface area contributed by atoms with E-state index in [0.717, 1.165) is 5.56 Å². The fourth-order valence-electron chi connectivity index (χ4n) is 2.80. The highest BCUT2D eigenvalue weighted by atomic mass is 19.3. The topological polar surface area (TPSA) is 56.8 Å². The van der Waals surface area contributed by atoms with Crippen LogP contribution in [0, 0.1) is 6.92 Å². The molecule has 0 atom stereocenters. The third kappa shape index (κ3) is 6.11. The third-order valence-electron chi connectivity index (χ3n) is 4.17. The van der Waals surface area contributed by atoms with Gasteiger partial charge in [-0.1, -0.05) is 26.0 Å². The summed E-state index contributed by atoms with van der Waals surface area (Å²) in [5.74, 6) is 0.872. The van der Waals surface area contributed by atoms with Crippen LogP contribution in [0.25, 0.3) is 0 Å². The number of aryl methyl sites for hydroxylation is 1. The molecule has 7 heteroatoms. The number of benzene rings is 2. The number of ether oxygens (including phenoxy) is 3. The van der Waals surface area contributed by atoms with Crippen molar-refractivity contribution < 1.29 is 27.8 Å². The Morgan fingerprint density at radius 2 is 1.86 bits per heavy atom. The molecule has 0 radical (unpaired) electrons. The van der Waals surface area contributed by atoms with E-state index in [2.05, 4.69) is 23.9 Å². The van der Waals surface area contributed by atoms with Crippen molar-refractivity contribution in [1.29, 1.82) is 0 Å². The van der Waals surface area contributed by atoms with Gasteiger partial charge in [0, 0.05) is 6.54 Å². The number of methoxy groups -OCH3 is 1. The van der Waals surface area contributed by atoms with Crippen molar-refractivity contribution in [3.8, 4) is 17.2 Å². The Balaban J connectivity index is 1.88. The summed E-state index contributed by atoms with van der Waals surface area (Å²) in [4.78, 5) is 12.0. The molecule has 28 heavy (non-hydrogen) atoms. The van der Waals surface area contributed by atoms with E-state index in [-0.39, 0.29) is 30.6 Å². The Labute approximate surface area is 163 Å². The molecule has 0 saturated carbocycles. The quantitative estimate of drug-likeness (QED) is 0.685. The van der Waals surface area contributed by atoms with Crippen molar-refractivity contribution >= 4 is 5.91 Å². The van der Waals surface area contributed by atoms with E-state index in [9.17, 15) is 13.6 Å². The van der Waals surface area contributed by atoms with Crippen LogP contribution in [0.3, 0.4) is 0 Å². The van der Waals surface area contributed by atoms with Gasteiger partial charge in [-0.25, -0.2) is 0 Å². The first-order valence-corrected chi connectivity index (χ1v) is 8.92. The largest absolute Gasteiger partial charge is 0.493 e. The smallest absolute Gasteiger partial charge is 0.387 e. The summed E-state index contributed by atoms with van der Waals surface area (Å²) >= 11 is 0. The summed E-state index contributed by atoms with van der Waals surface area (Å²) in [6.45, 7) is 3.41. The predicted octanol–water partition coefficient (Wildman–Crippen LogP) is 4.42. The summed E-state index contributed by atoms with van der Waals surface area (Å²) in [6, 6.07) is 10.3. The van der Waals surface area contributed by atoms with E-state index in [0.29, 0.717) is 17.2 Å². The van der Waals surface area contributed by atoms with E-state index >= 15 is 0 Å². The van der Waals surface area contributed by atoms with Gasteiger partial charge < -0.3 is 19.5 Å². The Morgan fingerprint density at radius 1 is 1.11 bits per heavy atom. The highest BCUT2D eigenvalue weighted by Crippen LogP contribution is 2.29. The number of hydrogen-bond acceptors (Lipinski definition) is 4. The van der Waals surface area contributed by atoms with Crippen LogP contribution in [-0.2, 0) is 11.3 Å². The Hall–Kier alpha value is -2.83. The monoisotopic (exact) mass is 393 g/mol. The van der Waals surface area contributed by atoms with Gasteiger partial charge in [0.25, 0.3) is 5.91 Å². The number of hydrogen-bond donors (Lipinski definition) is 1. The second-order valence-corrected chi connectivity index (χ2v) is 6.60. The zero-order chi connectivity index (χ0) is 20.7. The lowest BCUT2D eigenvalue weighted by molar-refractivity contribution is -0.123. The van der Waals surface area contributed by atoms with Gasteiger partial charge in [-0.3, -0.25) is 4.79 Å². The van der Waals surface area contributed by atoms with Crippen molar-refractivity contribution in [3.05, 3.63) is 53.1 Å². The van der Waals surface area contributed by atoms with Crippen molar-refractivity contribution in [2.45, 2.75) is 39.8 Å². The van der Waals surface area contributed by atoms with Crippen molar-refractivity contribution in [1.82, 2.24) is 5.32 Å². The zero-order valence-corrected chi connectivity index (χ0v) is 16.4. The molecule has 152 valence electrons. The van der Waals surface area contributed by atoms with E-state index in [1.807, 2.05) is 25.1 Å². The molecular weight excluding hydrogens is 368 g/mol. The van der Waals surface area contributed by atoms with E-state index in [1.54, 1.807) is 6.07 Å². The molecular formula is C21H25F2NO4. The Kier molecular flexibility index (Phi) is 7.61. The lowest BCUT2D eigenvalue weighted by Crippen LogP contribution is -2.28. The number of rotatable bonds is 9.